The second kappa shape index (κ2) is 8.56. The van der Waals surface area contributed by atoms with E-state index < -0.39 is 21.8 Å². The van der Waals surface area contributed by atoms with Crippen LogP contribution < -0.4 is 0 Å². The van der Waals surface area contributed by atoms with Gasteiger partial charge in [-0.2, -0.15) is 4.31 Å². The number of sulfonamides is 1. The van der Waals surface area contributed by atoms with E-state index >= 15 is 0 Å². The third-order valence-electron chi connectivity index (χ3n) is 4.32. The lowest BCUT2D eigenvalue weighted by Crippen LogP contribution is -2.30. The SMILES string of the molecule is CCN(CC)S(=O)(=O)c1ccc(C2=N/C(=C\c3cc(Br)ccc3F)C(=O)O2)cc1. The minimum atomic E-state index is -3.58. The van der Waals surface area contributed by atoms with Gasteiger partial charge in [-0.25, -0.2) is 22.6 Å². The van der Waals surface area contributed by atoms with Crippen molar-refractivity contribution in [1.82, 2.24) is 4.31 Å². The van der Waals surface area contributed by atoms with Crippen molar-refractivity contribution in [3.05, 3.63) is 69.6 Å². The van der Waals surface area contributed by atoms with Crippen LogP contribution in [0.15, 0.2) is 62.5 Å². The maximum Gasteiger partial charge on any atom is 0.363 e. The summed E-state index contributed by atoms with van der Waals surface area (Å²) in [6.45, 7) is 4.27. The van der Waals surface area contributed by atoms with Crippen molar-refractivity contribution in [1.29, 1.82) is 0 Å². The predicted octanol–water partition coefficient (Wildman–Crippen LogP) is 3.96. The summed E-state index contributed by atoms with van der Waals surface area (Å²) in [5, 5.41) is 0. The smallest absolute Gasteiger partial charge is 0.363 e. The van der Waals surface area contributed by atoms with Gasteiger partial charge in [0.15, 0.2) is 5.70 Å². The normalized spacial score (nSPS) is 15.7. The molecule has 0 atom stereocenters. The molecule has 0 bridgehead atoms. The first-order chi connectivity index (χ1) is 13.8. The fourth-order valence-electron chi connectivity index (χ4n) is 2.79. The van der Waals surface area contributed by atoms with E-state index in [0.29, 0.717) is 23.1 Å². The van der Waals surface area contributed by atoms with Crippen LogP contribution in [0.25, 0.3) is 6.08 Å². The first-order valence-electron chi connectivity index (χ1n) is 8.84. The number of rotatable bonds is 6. The van der Waals surface area contributed by atoms with Gasteiger partial charge in [0.2, 0.25) is 15.9 Å². The summed E-state index contributed by atoms with van der Waals surface area (Å²) in [5.74, 6) is -1.18. The summed E-state index contributed by atoms with van der Waals surface area (Å²) in [6, 6.07) is 10.3. The molecule has 2 aromatic carbocycles. The Balaban J connectivity index is 1.90. The van der Waals surface area contributed by atoms with E-state index in [1.54, 1.807) is 19.9 Å². The monoisotopic (exact) mass is 480 g/mol. The number of carbonyl (C=O) groups is 1. The number of esters is 1. The van der Waals surface area contributed by atoms with Crippen LogP contribution >= 0.6 is 15.9 Å². The molecular weight excluding hydrogens is 463 g/mol. The van der Waals surface area contributed by atoms with Crippen molar-refractivity contribution >= 4 is 43.9 Å². The number of nitrogens with zero attached hydrogens (tertiary/aromatic N) is 2. The largest absolute Gasteiger partial charge is 0.402 e. The lowest BCUT2D eigenvalue weighted by Gasteiger charge is -2.18. The van der Waals surface area contributed by atoms with E-state index in [1.165, 1.54) is 46.8 Å². The van der Waals surface area contributed by atoms with Gasteiger partial charge in [0.1, 0.15) is 5.82 Å². The molecule has 6 nitrogen and oxygen atoms in total. The fourth-order valence-corrected chi connectivity index (χ4v) is 4.62. The molecule has 2 aromatic rings. The van der Waals surface area contributed by atoms with Crippen molar-refractivity contribution in [2.75, 3.05) is 13.1 Å². The van der Waals surface area contributed by atoms with Crippen LogP contribution in [0.1, 0.15) is 25.0 Å². The van der Waals surface area contributed by atoms with Crippen LogP contribution in [0.2, 0.25) is 0 Å². The minimum absolute atomic E-state index is 0.0310. The zero-order chi connectivity index (χ0) is 21.2. The quantitative estimate of drug-likeness (QED) is 0.463. The van der Waals surface area contributed by atoms with Gasteiger partial charge in [-0.05, 0) is 48.5 Å². The van der Waals surface area contributed by atoms with Crippen LogP contribution in [-0.2, 0) is 19.6 Å². The molecule has 3 rings (SSSR count). The second-order valence-corrected chi connectivity index (χ2v) is 8.97. The van der Waals surface area contributed by atoms with Gasteiger partial charge < -0.3 is 4.74 Å². The zero-order valence-electron chi connectivity index (χ0n) is 15.7. The summed E-state index contributed by atoms with van der Waals surface area (Å²) >= 11 is 3.25. The number of ether oxygens (including phenoxy) is 1. The highest BCUT2D eigenvalue weighted by atomic mass is 79.9. The Labute approximate surface area is 176 Å². The Bertz CT molecular complexity index is 1110. The molecule has 0 saturated carbocycles. The van der Waals surface area contributed by atoms with E-state index in [2.05, 4.69) is 20.9 Å². The fraction of sp³-hybridized carbons (Fsp3) is 0.200. The van der Waals surface area contributed by atoms with E-state index in [9.17, 15) is 17.6 Å². The molecule has 0 aromatic heterocycles. The topological polar surface area (TPSA) is 76.0 Å². The Morgan fingerprint density at radius 2 is 1.79 bits per heavy atom. The summed E-state index contributed by atoms with van der Waals surface area (Å²) in [7, 11) is -3.58. The molecule has 0 amide bonds. The lowest BCUT2D eigenvalue weighted by atomic mass is 10.2. The molecule has 152 valence electrons. The van der Waals surface area contributed by atoms with Crippen molar-refractivity contribution in [2.45, 2.75) is 18.7 Å². The highest BCUT2D eigenvalue weighted by molar-refractivity contribution is 9.10. The van der Waals surface area contributed by atoms with Gasteiger partial charge in [0.25, 0.3) is 0 Å². The second-order valence-electron chi connectivity index (χ2n) is 6.12. The summed E-state index contributed by atoms with van der Waals surface area (Å²) in [6.07, 6.45) is 1.30. The Hall–Kier alpha value is -2.36. The minimum Gasteiger partial charge on any atom is -0.402 e. The first-order valence-corrected chi connectivity index (χ1v) is 11.1. The molecule has 29 heavy (non-hydrogen) atoms. The Kier molecular flexibility index (Phi) is 6.30. The average molecular weight is 481 g/mol. The highest BCUT2D eigenvalue weighted by Crippen LogP contribution is 2.24. The van der Waals surface area contributed by atoms with Crippen molar-refractivity contribution in [2.24, 2.45) is 4.99 Å². The lowest BCUT2D eigenvalue weighted by molar-refractivity contribution is -0.129. The third kappa shape index (κ3) is 4.47. The zero-order valence-corrected chi connectivity index (χ0v) is 18.1. The van der Waals surface area contributed by atoms with Crippen LogP contribution in [0.4, 0.5) is 4.39 Å². The van der Waals surface area contributed by atoms with Crippen molar-refractivity contribution in [3.8, 4) is 0 Å². The predicted molar refractivity (Wildman–Crippen MR) is 111 cm³/mol. The molecule has 0 spiro atoms. The number of carbonyl (C=O) groups excluding carboxylic acids is 1. The van der Waals surface area contributed by atoms with Gasteiger partial charge in [-0.3, -0.25) is 0 Å². The number of aliphatic imine (C=N–C) groups is 1. The molecule has 0 aliphatic carbocycles. The Morgan fingerprint density at radius 3 is 2.41 bits per heavy atom. The van der Waals surface area contributed by atoms with Gasteiger partial charge in [-0.15, -0.1) is 0 Å². The average Bonchev–Trinajstić information content (AvgIpc) is 3.06. The number of halogens is 2. The van der Waals surface area contributed by atoms with Crippen LogP contribution in [0.3, 0.4) is 0 Å². The van der Waals surface area contributed by atoms with E-state index in [0.717, 1.165) is 0 Å². The first kappa shape index (κ1) is 21.4. The molecule has 0 saturated heterocycles. The van der Waals surface area contributed by atoms with Gasteiger partial charge in [-0.1, -0.05) is 29.8 Å². The highest BCUT2D eigenvalue weighted by Gasteiger charge is 2.26. The van der Waals surface area contributed by atoms with E-state index in [1.807, 2.05) is 0 Å². The maximum absolute atomic E-state index is 13.9. The number of cyclic esters (lactones) is 1. The molecule has 0 unspecified atom stereocenters. The maximum atomic E-state index is 13.9. The van der Waals surface area contributed by atoms with Crippen LogP contribution in [0, 0.1) is 5.82 Å². The third-order valence-corrected chi connectivity index (χ3v) is 6.87. The van der Waals surface area contributed by atoms with Crippen LogP contribution in [-0.4, -0.2) is 37.7 Å². The molecule has 0 fully saturated rings. The molecule has 0 radical (unpaired) electrons. The number of benzene rings is 2. The summed E-state index contributed by atoms with van der Waals surface area (Å²) in [4.78, 5) is 16.4. The van der Waals surface area contributed by atoms with Gasteiger partial charge >= 0.3 is 5.97 Å². The summed E-state index contributed by atoms with van der Waals surface area (Å²) in [5.41, 5.74) is 0.587. The molecule has 0 N–H and O–H groups in total. The van der Waals surface area contributed by atoms with Crippen LogP contribution in [0.5, 0.6) is 0 Å². The van der Waals surface area contributed by atoms with E-state index in [4.69, 9.17) is 4.74 Å². The molecule has 1 aliphatic rings. The standard InChI is InChI=1S/C20H18BrFN2O4S/c1-3-24(4-2)29(26,27)16-8-5-13(6-9-16)19-23-18(20(25)28-19)12-14-11-15(21)7-10-17(14)22/h5-12H,3-4H2,1-2H3/b18-12-. The van der Waals surface area contributed by atoms with Crippen molar-refractivity contribution < 1.29 is 22.3 Å². The molecule has 1 heterocycles. The van der Waals surface area contributed by atoms with Crippen molar-refractivity contribution in [3.63, 3.8) is 0 Å². The van der Waals surface area contributed by atoms with Gasteiger partial charge in [0, 0.05) is 28.7 Å². The summed E-state index contributed by atoms with van der Waals surface area (Å²) < 4.78 is 46.2. The molecule has 9 heteroatoms. The number of hydrogen-bond acceptors (Lipinski definition) is 5. The van der Waals surface area contributed by atoms with Gasteiger partial charge in [0.05, 0.1) is 4.90 Å². The molecular formula is C20H18BrFN2O4S. The molecule has 1 aliphatic heterocycles. The van der Waals surface area contributed by atoms with E-state index in [-0.39, 0.29) is 22.1 Å². The number of hydrogen-bond donors (Lipinski definition) is 0. The Morgan fingerprint density at radius 1 is 1.14 bits per heavy atom.